The molecule has 2 aliphatic heterocycles. The molecule has 3 rings (SSSR count). The maximum atomic E-state index is 10.0. The topological polar surface area (TPSA) is 65.7 Å². The van der Waals surface area contributed by atoms with Crippen molar-refractivity contribution in [1.82, 2.24) is 0 Å². The quantitative estimate of drug-likeness (QED) is 0.903. The fourth-order valence-electron chi connectivity index (χ4n) is 3.15. The lowest BCUT2D eigenvalue weighted by atomic mass is 10.00. The van der Waals surface area contributed by atoms with E-state index in [4.69, 9.17) is 14.7 Å². The number of piperidine rings is 1. The molecule has 5 heteroatoms. The molecule has 0 atom stereocenters. The van der Waals surface area contributed by atoms with Crippen LogP contribution in [0, 0.1) is 11.3 Å². The van der Waals surface area contributed by atoms with Gasteiger partial charge >= 0.3 is 0 Å². The second-order valence-corrected chi connectivity index (χ2v) is 5.56. The molecule has 0 aromatic heterocycles. The predicted octanol–water partition coefficient (Wildman–Crippen LogP) is 2.17. The summed E-state index contributed by atoms with van der Waals surface area (Å²) in [6.45, 7) is 5.00. The number of phenolic OH excluding ortho intramolecular Hbond substituents is 1. The third-order valence-corrected chi connectivity index (χ3v) is 4.38. The minimum Gasteiger partial charge on any atom is -0.506 e. The van der Waals surface area contributed by atoms with E-state index in [0.29, 0.717) is 18.8 Å². The van der Waals surface area contributed by atoms with Crippen LogP contribution in [0.3, 0.4) is 0 Å². The Morgan fingerprint density at radius 2 is 1.95 bits per heavy atom. The Hall–Kier alpha value is -1.77. The van der Waals surface area contributed by atoms with Crippen LogP contribution in [0.2, 0.25) is 0 Å². The summed E-state index contributed by atoms with van der Waals surface area (Å²) in [5, 5.41) is 19.2. The van der Waals surface area contributed by atoms with Gasteiger partial charge in [-0.3, -0.25) is 0 Å². The number of hydrogen-bond donors (Lipinski definition) is 1. The summed E-state index contributed by atoms with van der Waals surface area (Å²) in [5.74, 6) is -0.320. The van der Waals surface area contributed by atoms with E-state index in [1.54, 1.807) is 6.07 Å². The van der Waals surface area contributed by atoms with Gasteiger partial charge in [0.1, 0.15) is 11.8 Å². The Balaban J connectivity index is 1.79. The number of nitriles is 1. The van der Waals surface area contributed by atoms with Gasteiger partial charge in [-0.1, -0.05) is 6.92 Å². The fourth-order valence-corrected chi connectivity index (χ4v) is 3.15. The fraction of sp³-hybridized carbons (Fsp3) is 0.562. The van der Waals surface area contributed by atoms with Crippen molar-refractivity contribution in [3.05, 3.63) is 23.3 Å². The normalized spacial score (nSPS) is 20.7. The highest BCUT2D eigenvalue weighted by molar-refractivity contribution is 5.60. The zero-order chi connectivity index (χ0) is 14.9. The van der Waals surface area contributed by atoms with Crippen molar-refractivity contribution in [3.8, 4) is 11.8 Å². The number of nitrogens with zero attached hydrogens (tertiary/aromatic N) is 2. The van der Waals surface area contributed by atoms with Gasteiger partial charge in [0.15, 0.2) is 5.79 Å². The van der Waals surface area contributed by atoms with Crippen LogP contribution in [0.25, 0.3) is 0 Å². The van der Waals surface area contributed by atoms with Crippen LogP contribution in [0.15, 0.2) is 12.1 Å². The molecule has 2 fully saturated rings. The number of benzene rings is 1. The molecule has 1 aromatic carbocycles. The van der Waals surface area contributed by atoms with Crippen molar-refractivity contribution in [3.63, 3.8) is 0 Å². The van der Waals surface area contributed by atoms with Crippen molar-refractivity contribution in [2.75, 3.05) is 31.2 Å². The molecule has 112 valence electrons. The summed E-state index contributed by atoms with van der Waals surface area (Å²) in [6, 6.07) is 5.77. The molecular formula is C16H20N2O3. The first kappa shape index (κ1) is 14.2. The van der Waals surface area contributed by atoms with E-state index in [1.807, 2.05) is 13.0 Å². The molecule has 0 amide bonds. The standard InChI is InChI=1S/C16H20N2O3/c1-2-12-9-13(10-15(19)14(12)11-17)18-5-3-16(4-6-18)20-7-8-21-16/h9-10,19H,2-8H2,1H3. The summed E-state index contributed by atoms with van der Waals surface area (Å²) in [4.78, 5) is 2.22. The first-order valence-corrected chi connectivity index (χ1v) is 7.46. The maximum Gasteiger partial charge on any atom is 0.171 e. The number of phenols is 1. The van der Waals surface area contributed by atoms with Gasteiger partial charge in [-0.15, -0.1) is 0 Å². The summed E-state index contributed by atoms with van der Waals surface area (Å²) in [6.07, 6.45) is 2.39. The zero-order valence-electron chi connectivity index (χ0n) is 12.3. The molecule has 5 nitrogen and oxygen atoms in total. The molecule has 2 saturated heterocycles. The van der Waals surface area contributed by atoms with E-state index in [0.717, 1.165) is 43.6 Å². The van der Waals surface area contributed by atoms with E-state index in [9.17, 15) is 5.11 Å². The van der Waals surface area contributed by atoms with Crippen LogP contribution in [0.1, 0.15) is 30.9 Å². The summed E-state index contributed by atoms with van der Waals surface area (Å²) in [7, 11) is 0. The number of hydrogen-bond acceptors (Lipinski definition) is 5. The number of ether oxygens (including phenoxy) is 2. The number of aryl methyl sites for hydroxylation is 1. The Labute approximate surface area is 124 Å². The second kappa shape index (κ2) is 5.55. The number of rotatable bonds is 2. The van der Waals surface area contributed by atoms with Gasteiger partial charge in [0.05, 0.1) is 18.8 Å². The zero-order valence-corrected chi connectivity index (χ0v) is 12.3. The highest BCUT2D eigenvalue weighted by atomic mass is 16.7. The largest absolute Gasteiger partial charge is 0.506 e. The summed E-state index contributed by atoms with van der Waals surface area (Å²) < 4.78 is 11.5. The van der Waals surface area contributed by atoms with Crippen LogP contribution in [-0.4, -0.2) is 37.2 Å². The predicted molar refractivity (Wildman–Crippen MR) is 78.3 cm³/mol. The molecule has 0 saturated carbocycles. The average molecular weight is 288 g/mol. The van der Waals surface area contributed by atoms with Crippen LogP contribution < -0.4 is 4.90 Å². The first-order valence-electron chi connectivity index (χ1n) is 7.46. The van der Waals surface area contributed by atoms with E-state index in [-0.39, 0.29) is 5.75 Å². The Kier molecular flexibility index (Phi) is 3.75. The SMILES string of the molecule is CCc1cc(N2CCC3(CC2)OCCO3)cc(O)c1C#N. The molecule has 0 radical (unpaired) electrons. The molecule has 1 spiro atoms. The van der Waals surface area contributed by atoms with Crippen LogP contribution in [-0.2, 0) is 15.9 Å². The molecule has 1 N–H and O–H groups in total. The number of aromatic hydroxyl groups is 1. The van der Waals surface area contributed by atoms with Crippen LogP contribution in [0.4, 0.5) is 5.69 Å². The van der Waals surface area contributed by atoms with Crippen LogP contribution >= 0.6 is 0 Å². The van der Waals surface area contributed by atoms with Gasteiger partial charge in [-0.05, 0) is 18.1 Å². The molecule has 2 aliphatic rings. The Morgan fingerprint density at radius 1 is 1.29 bits per heavy atom. The molecule has 1 aromatic rings. The highest BCUT2D eigenvalue weighted by Crippen LogP contribution is 2.35. The molecule has 21 heavy (non-hydrogen) atoms. The molecule has 0 unspecified atom stereocenters. The van der Waals surface area contributed by atoms with E-state index in [2.05, 4.69) is 11.0 Å². The first-order chi connectivity index (χ1) is 10.2. The van der Waals surface area contributed by atoms with Crippen molar-refractivity contribution >= 4 is 5.69 Å². The number of anilines is 1. The third kappa shape index (κ3) is 2.57. The molecule has 0 aliphatic carbocycles. The maximum absolute atomic E-state index is 10.0. The van der Waals surface area contributed by atoms with Crippen molar-refractivity contribution < 1.29 is 14.6 Å². The van der Waals surface area contributed by atoms with Gasteiger partial charge in [-0.2, -0.15) is 5.26 Å². The molecule has 0 bridgehead atoms. The minimum atomic E-state index is -0.390. The molecular weight excluding hydrogens is 268 g/mol. The lowest BCUT2D eigenvalue weighted by Crippen LogP contribution is -2.45. The van der Waals surface area contributed by atoms with Gasteiger partial charge in [0.25, 0.3) is 0 Å². The van der Waals surface area contributed by atoms with Gasteiger partial charge in [-0.25, -0.2) is 0 Å². The van der Waals surface area contributed by atoms with Gasteiger partial charge < -0.3 is 19.5 Å². The van der Waals surface area contributed by atoms with E-state index >= 15 is 0 Å². The summed E-state index contributed by atoms with van der Waals surface area (Å²) >= 11 is 0. The average Bonchev–Trinajstić information content (AvgIpc) is 2.95. The lowest BCUT2D eigenvalue weighted by Gasteiger charge is -2.38. The monoisotopic (exact) mass is 288 g/mol. The lowest BCUT2D eigenvalue weighted by molar-refractivity contribution is -0.169. The summed E-state index contributed by atoms with van der Waals surface area (Å²) in [5.41, 5.74) is 2.24. The van der Waals surface area contributed by atoms with Gasteiger partial charge in [0.2, 0.25) is 0 Å². The van der Waals surface area contributed by atoms with Crippen molar-refractivity contribution in [1.29, 1.82) is 5.26 Å². The smallest absolute Gasteiger partial charge is 0.171 e. The highest BCUT2D eigenvalue weighted by Gasteiger charge is 2.39. The molecule has 2 heterocycles. The Bertz CT molecular complexity index is 564. The second-order valence-electron chi connectivity index (χ2n) is 5.56. The Morgan fingerprint density at radius 3 is 2.52 bits per heavy atom. The van der Waals surface area contributed by atoms with Crippen molar-refractivity contribution in [2.24, 2.45) is 0 Å². The minimum absolute atomic E-state index is 0.0699. The van der Waals surface area contributed by atoms with Crippen molar-refractivity contribution in [2.45, 2.75) is 32.0 Å². The van der Waals surface area contributed by atoms with E-state index in [1.165, 1.54) is 0 Å². The van der Waals surface area contributed by atoms with Crippen LogP contribution in [0.5, 0.6) is 5.75 Å². The van der Waals surface area contributed by atoms with Gasteiger partial charge in [0, 0.05) is 37.7 Å². The van der Waals surface area contributed by atoms with E-state index < -0.39 is 5.79 Å². The third-order valence-electron chi connectivity index (χ3n) is 4.38.